The van der Waals surface area contributed by atoms with Crippen molar-refractivity contribution in [3.63, 3.8) is 0 Å². The fourth-order valence-corrected chi connectivity index (χ4v) is 2.81. The Hall–Kier alpha value is -1.84. The minimum Gasteiger partial charge on any atom is -0.344 e. The van der Waals surface area contributed by atoms with Crippen LogP contribution in [0.3, 0.4) is 0 Å². The molecule has 1 aliphatic rings. The first-order valence-electron chi connectivity index (χ1n) is 8.32. The average molecular weight is 302 g/mol. The molecule has 4 heteroatoms. The Bertz CT molecular complexity index is 481. The molecule has 120 valence electrons. The van der Waals surface area contributed by atoms with Crippen LogP contribution in [0.5, 0.6) is 0 Å². The summed E-state index contributed by atoms with van der Waals surface area (Å²) < 4.78 is 0. The quantitative estimate of drug-likeness (QED) is 0.841. The molecule has 4 nitrogen and oxygen atoms in total. The number of rotatable bonds is 7. The van der Waals surface area contributed by atoms with Crippen LogP contribution in [0.1, 0.15) is 44.6 Å². The second-order valence-corrected chi connectivity index (χ2v) is 5.95. The van der Waals surface area contributed by atoms with Crippen LogP contribution in [0.15, 0.2) is 30.3 Å². The van der Waals surface area contributed by atoms with E-state index in [9.17, 15) is 9.59 Å². The number of unbranched alkanes of at least 4 members (excludes halogenated alkanes) is 1. The number of amides is 2. The molecule has 0 bridgehead atoms. The zero-order valence-electron chi connectivity index (χ0n) is 13.4. The zero-order chi connectivity index (χ0) is 15.8. The van der Waals surface area contributed by atoms with Crippen molar-refractivity contribution in [1.82, 2.24) is 10.2 Å². The van der Waals surface area contributed by atoms with E-state index in [2.05, 4.69) is 12.2 Å². The predicted octanol–water partition coefficient (Wildman–Crippen LogP) is 2.53. The van der Waals surface area contributed by atoms with E-state index in [4.69, 9.17) is 0 Å². The summed E-state index contributed by atoms with van der Waals surface area (Å²) in [5, 5.41) is 2.95. The second kappa shape index (κ2) is 8.57. The molecule has 2 amide bonds. The smallest absolute Gasteiger partial charge is 0.245 e. The van der Waals surface area contributed by atoms with Crippen LogP contribution >= 0.6 is 0 Å². The number of carbonyl (C=O) groups is 2. The summed E-state index contributed by atoms with van der Waals surface area (Å²) in [6.45, 7) is 3.69. The summed E-state index contributed by atoms with van der Waals surface area (Å²) in [4.78, 5) is 26.6. The van der Waals surface area contributed by atoms with Crippen LogP contribution in [0.25, 0.3) is 0 Å². The highest BCUT2D eigenvalue weighted by atomic mass is 16.2. The van der Waals surface area contributed by atoms with E-state index >= 15 is 0 Å². The monoisotopic (exact) mass is 302 g/mol. The van der Waals surface area contributed by atoms with Crippen molar-refractivity contribution >= 4 is 11.8 Å². The van der Waals surface area contributed by atoms with Crippen LogP contribution in [0.4, 0.5) is 0 Å². The number of carbonyl (C=O) groups excluding carboxylic acids is 2. The molecule has 0 spiro atoms. The van der Waals surface area contributed by atoms with E-state index in [-0.39, 0.29) is 11.8 Å². The van der Waals surface area contributed by atoms with Crippen LogP contribution in [0.2, 0.25) is 0 Å². The van der Waals surface area contributed by atoms with Gasteiger partial charge in [0.1, 0.15) is 6.04 Å². The van der Waals surface area contributed by atoms with E-state index in [1.54, 1.807) is 0 Å². The molecule has 0 aromatic heterocycles. The van der Waals surface area contributed by atoms with Crippen LogP contribution in [-0.4, -0.2) is 35.8 Å². The lowest BCUT2D eigenvalue weighted by atomic mass is 10.0. The predicted molar refractivity (Wildman–Crippen MR) is 87.4 cm³/mol. The fourth-order valence-electron chi connectivity index (χ4n) is 2.81. The fraction of sp³-hybridized carbons (Fsp3) is 0.556. The van der Waals surface area contributed by atoms with Crippen molar-refractivity contribution in [1.29, 1.82) is 0 Å². The lowest BCUT2D eigenvalue weighted by Crippen LogP contribution is -2.48. The molecule has 1 N–H and O–H groups in total. The van der Waals surface area contributed by atoms with Gasteiger partial charge >= 0.3 is 0 Å². The third-order valence-electron chi connectivity index (χ3n) is 4.09. The van der Waals surface area contributed by atoms with E-state index in [0.29, 0.717) is 12.8 Å². The largest absolute Gasteiger partial charge is 0.344 e. The summed E-state index contributed by atoms with van der Waals surface area (Å²) in [5.41, 5.74) is 1.08. The van der Waals surface area contributed by atoms with Crippen molar-refractivity contribution in [2.75, 3.05) is 13.1 Å². The molecule has 1 fully saturated rings. The summed E-state index contributed by atoms with van der Waals surface area (Å²) >= 11 is 0. The summed E-state index contributed by atoms with van der Waals surface area (Å²) in [6.07, 6.45) is 5.03. The lowest BCUT2D eigenvalue weighted by Gasteiger charge is -2.24. The third-order valence-corrected chi connectivity index (χ3v) is 4.09. The molecule has 0 aliphatic carbocycles. The van der Waals surface area contributed by atoms with Gasteiger partial charge in [-0.1, -0.05) is 43.7 Å². The van der Waals surface area contributed by atoms with Crippen molar-refractivity contribution in [3.8, 4) is 0 Å². The molecule has 1 saturated heterocycles. The average Bonchev–Trinajstić information content (AvgIpc) is 3.07. The highest BCUT2D eigenvalue weighted by molar-refractivity contribution is 5.88. The Labute approximate surface area is 132 Å². The van der Waals surface area contributed by atoms with Crippen molar-refractivity contribution in [3.05, 3.63) is 35.9 Å². The number of benzene rings is 1. The van der Waals surface area contributed by atoms with Crippen LogP contribution in [-0.2, 0) is 16.0 Å². The van der Waals surface area contributed by atoms with E-state index in [1.165, 1.54) is 0 Å². The zero-order valence-corrected chi connectivity index (χ0v) is 13.4. The van der Waals surface area contributed by atoms with Gasteiger partial charge in [-0.3, -0.25) is 9.59 Å². The first-order chi connectivity index (χ1) is 10.7. The Morgan fingerprint density at radius 3 is 2.50 bits per heavy atom. The molecular weight excluding hydrogens is 276 g/mol. The van der Waals surface area contributed by atoms with Gasteiger partial charge in [-0.05, 0) is 24.8 Å². The topological polar surface area (TPSA) is 49.4 Å². The molecule has 1 atom stereocenters. The lowest BCUT2D eigenvalue weighted by molar-refractivity contribution is -0.135. The highest BCUT2D eigenvalue weighted by Crippen LogP contribution is 2.12. The summed E-state index contributed by atoms with van der Waals surface area (Å²) in [7, 11) is 0. The van der Waals surface area contributed by atoms with Gasteiger partial charge in [-0.2, -0.15) is 0 Å². The number of nitrogens with zero attached hydrogens (tertiary/aromatic N) is 1. The third kappa shape index (κ3) is 4.86. The SMILES string of the molecule is CCCCC(=O)N[C@@H](Cc1ccccc1)C(=O)N1CCCC1. The molecule has 0 radical (unpaired) electrons. The maximum atomic E-state index is 12.7. The Morgan fingerprint density at radius 2 is 1.86 bits per heavy atom. The van der Waals surface area contributed by atoms with E-state index in [0.717, 1.165) is 44.3 Å². The van der Waals surface area contributed by atoms with Gasteiger partial charge in [0.25, 0.3) is 0 Å². The van der Waals surface area contributed by atoms with Gasteiger partial charge < -0.3 is 10.2 Å². The maximum Gasteiger partial charge on any atom is 0.245 e. The molecule has 1 aromatic rings. The van der Waals surface area contributed by atoms with Gasteiger partial charge in [0, 0.05) is 25.9 Å². The standard InChI is InChI=1S/C18H26N2O2/c1-2-3-11-17(21)19-16(14-15-9-5-4-6-10-15)18(22)20-12-7-8-13-20/h4-6,9-10,16H,2-3,7-8,11-14H2,1H3,(H,19,21)/t16-/m0/s1. The number of hydrogen-bond donors (Lipinski definition) is 1. The van der Waals surface area contributed by atoms with Crippen molar-refractivity contribution in [2.45, 2.75) is 51.5 Å². The highest BCUT2D eigenvalue weighted by Gasteiger charge is 2.27. The number of likely N-dealkylation sites (tertiary alicyclic amines) is 1. The first kappa shape index (κ1) is 16.5. The molecule has 0 saturated carbocycles. The summed E-state index contributed by atoms with van der Waals surface area (Å²) in [6, 6.07) is 9.45. The second-order valence-electron chi connectivity index (χ2n) is 5.95. The van der Waals surface area contributed by atoms with Gasteiger partial charge in [-0.15, -0.1) is 0 Å². The number of nitrogens with one attached hydrogen (secondary N) is 1. The minimum atomic E-state index is -0.440. The molecule has 1 aliphatic heterocycles. The summed E-state index contributed by atoms with van der Waals surface area (Å²) in [5.74, 6) is 0.0431. The van der Waals surface area contributed by atoms with Gasteiger partial charge in [0.15, 0.2) is 0 Å². The van der Waals surface area contributed by atoms with Crippen molar-refractivity contribution in [2.24, 2.45) is 0 Å². The van der Waals surface area contributed by atoms with Gasteiger partial charge in [-0.25, -0.2) is 0 Å². The van der Waals surface area contributed by atoms with Gasteiger partial charge in [0.2, 0.25) is 11.8 Å². The molecule has 22 heavy (non-hydrogen) atoms. The van der Waals surface area contributed by atoms with Crippen molar-refractivity contribution < 1.29 is 9.59 Å². The Balaban J connectivity index is 2.02. The minimum absolute atomic E-state index is 0.0182. The van der Waals surface area contributed by atoms with E-state index < -0.39 is 6.04 Å². The normalized spacial score (nSPS) is 15.6. The van der Waals surface area contributed by atoms with Crippen LogP contribution < -0.4 is 5.32 Å². The molecular formula is C18H26N2O2. The molecule has 2 rings (SSSR count). The molecule has 1 aromatic carbocycles. The van der Waals surface area contributed by atoms with Gasteiger partial charge in [0.05, 0.1) is 0 Å². The number of hydrogen-bond acceptors (Lipinski definition) is 2. The molecule has 0 unspecified atom stereocenters. The Kier molecular flexibility index (Phi) is 6.44. The Morgan fingerprint density at radius 1 is 1.18 bits per heavy atom. The maximum absolute atomic E-state index is 12.7. The molecule has 1 heterocycles. The van der Waals surface area contributed by atoms with E-state index in [1.807, 2.05) is 35.2 Å². The first-order valence-corrected chi connectivity index (χ1v) is 8.32. The van der Waals surface area contributed by atoms with Crippen LogP contribution in [0, 0.1) is 0 Å².